The van der Waals surface area contributed by atoms with E-state index in [4.69, 9.17) is 14.4 Å². The third-order valence-electron chi connectivity index (χ3n) is 9.52. The molecule has 3 atom stereocenters. The summed E-state index contributed by atoms with van der Waals surface area (Å²) in [6, 6.07) is 22.2. The molecule has 1 N–H and O–H groups in total. The fourth-order valence-corrected chi connectivity index (χ4v) is 7.42. The summed E-state index contributed by atoms with van der Waals surface area (Å²) in [7, 11) is -5.02. The second-order valence-electron chi connectivity index (χ2n) is 13.2. The van der Waals surface area contributed by atoms with Gasteiger partial charge in [-0.2, -0.15) is 0 Å². The van der Waals surface area contributed by atoms with E-state index >= 15 is 0 Å². The first kappa shape index (κ1) is 45.1. The van der Waals surface area contributed by atoms with Crippen molar-refractivity contribution >= 4 is 25.5 Å². The smallest absolute Gasteiger partial charge is 1.00 e. The topological polar surface area (TPSA) is 155 Å². The van der Waals surface area contributed by atoms with Crippen molar-refractivity contribution in [2.45, 2.75) is 38.0 Å². The van der Waals surface area contributed by atoms with E-state index < -0.39 is 20.0 Å². The molecule has 6 rings (SSSR count). The molecule has 1 unspecified atom stereocenters. The molecule has 0 spiro atoms. The fraction of sp³-hybridized carbons (Fsp3) is 0.395. The summed E-state index contributed by atoms with van der Waals surface area (Å²) < 4.78 is 27.4. The van der Waals surface area contributed by atoms with Gasteiger partial charge in [0.25, 0.3) is 0 Å². The van der Waals surface area contributed by atoms with Crippen LogP contribution >= 0.6 is 7.82 Å². The Kier molecular flexibility index (Phi) is 17.5. The summed E-state index contributed by atoms with van der Waals surface area (Å²) >= 11 is 0. The fourth-order valence-electron chi connectivity index (χ4n) is 7.03. The van der Waals surface area contributed by atoms with Crippen LogP contribution in [0.1, 0.15) is 24.5 Å². The van der Waals surface area contributed by atoms with E-state index in [2.05, 4.69) is 16.0 Å². The van der Waals surface area contributed by atoms with Crippen LogP contribution in [0.3, 0.4) is 0 Å². The summed E-state index contributed by atoms with van der Waals surface area (Å²) in [6.45, 7) is 8.70. The Morgan fingerprint density at radius 1 is 0.982 bits per heavy atom. The summed E-state index contributed by atoms with van der Waals surface area (Å²) in [4.78, 5) is 68.4. The number of fused-ring (bicyclic) bond motifs is 1. The summed E-state index contributed by atoms with van der Waals surface area (Å²) in [6.07, 6.45) is 1.63. The first-order valence-electron chi connectivity index (χ1n) is 17.7. The van der Waals surface area contributed by atoms with Crippen molar-refractivity contribution in [1.82, 2.24) is 24.7 Å². The molecule has 0 aliphatic carbocycles. The first-order valence-corrected chi connectivity index (χ1v) is 19.2. The van der Waals surface area contributed by atoms with Crippen molar-refractivity contribution in [1.29, 1.82) is 0 Å². The minimum absolute atomic E-state index is 0. The number of nitrogens with zero attached hydrogens (tertiary/aromatic N) is 5. The van der Waals surface area contributed by atoms with Crippen molar-refractivity contribution < 1.29 is 103 Å². The second kappa shape index (κ2) is 21.3. The third kappa shape index (κ3) is 12.5. The van der Waals surface area contributed by atoms with Crippen molar-refractivity contribution in [3.05, 3.63) is 108 Å². The molecule has 3 heterocycles. The van der Waals surface area contributed by atoms with Gasteiger partial charge in [-0.1, -0.05) is 60.7 Å². The maximum absolute atomic E-state index is 14.4. The minimum Gasteiger partial charge on any atom is -1.00 e. The molecule has 3 aliphatic rings. The average Bonchev–Trinajstić information content (AvgIpc) is 3.14. The van der Waals surface area contributed by atoms with Crippen LogP contribution < -0.4 is 73.3 Å². The number of amides is 3. The molecule has 3 aromatic rings. The van der Waals surface area contributed by atoms with Crippen LogP contribution in [-0.2, 0) is 43.1 Å². The second-order valence-corrected chi connectivity index (χ2v) is 14.4. The molecule has 3 saturated heterocycles. The van der Waals surface area contributed by atoms with Gasteiger partial charge in [-0.25, -0.2) is 10.0 Å². The van der Waals surface area contributed by atoms with Crippen molar-refractivity contribution in [3.8, 4) is 11.5 Å². The van der Waals surface area contributed by atoms with E-state index in [1.54, 1.807) is 33.1 Å². The van der Waals surface area contributed by atoms with Crippen LogP contribution in [0.15, 0.2) is 91.5 Å². The molecule has 3 aliphatic heterocycles. The van der Waals surface area contributed by atoms with Gasteiger partial charge in [-0.05, 0) is 47.4 Å². The van der Waals surface area contributed by atoms with Crippen molar-refractivity contribution in [3.63, 3.8) is 0 Å². The molecule has 0 radical (unpaired) electrons. The van der Waals surface area contributed by atoms with Gasteiger partial charge in [-0.3, -0.25) is 23.8 Å². The predicted octanol–water partition coefficient (Wildman–Crippen LogP) is -3.66. The monoisotopic (exact) mass is 793 g/mol. The number of morpholine rings is 1. The number of ether oxygens (including phenoxy) is 2. The van der Waals surface area contributed by atoms with Gasteiger partial charge in [0.05, 0.1) is 26.3 Å². The Labute approximate surface area is 367 Å². The zero-order valence-electron chi connectivity index (χ0n) is 32.5. The minimum atomic E-state index is -5.02. The maximum Gasteiger partial charge on any atom is 1.00 e. The summed E-state index contributed by atoms with van der Waals surface area (Å²) in [5.41, 5.74) is 2.45. The number of benzene rings is 3. The van der Waals surface area contributed by atoms with Crippen molar-refractivity contribution in [2.24, 2.45) is 0 Å². The van der Waals surface area contributed by atoms with Crippen LogP contribution in [0.25, 0.3) is 0 Å². The molecule has 0 saturated carbocycles. The Morgan fingerprint density at radius 2 is 1.69 bits per heavy atom. The Balaban J connectivity index is 0.00000280. The SMILES string of the molecule is C=CCN1CC(=O)N2[C@@H](Cc3ccc(OP(=O)([O-])O)cc3)C(=O)N(Cc3cccc(OCCN4CCOCC4)c3)C[C@@H]2N1C(=O)CCc1ccccc1.[H-].[Na+].[Na+]. The summed E-state index contributed by atoms with van der Waals surface area (Å²) in [5.74, 6) is -0.198. The molecule has 0 bridgehead atoms. The van der Waals surface area contributed by atoms with Gasteiger partial charge in [0.2, 0.25) is 17.7 Å². The number of carbonyl (C=O) groups excluding carboxylic acids is 3. The normalized spacial score (nSPS) is 20.1. The molecule has 55 heavy (non-hydrogen) atoms. The van der Waals surface area contributed by atoms with Gasteiger partial charge in [0.1, 0.15) is 30.3 Å². The van der Waals surface area contributed by atoms with Crippen LogP contribution in [0.5, 0.6) is 11.5 Å². The van der Waals surface area contributed by atoms with Gasteiger partial charge in [-0.15, -0.1) is 6.58 Å². The molecule has 3 aromatic carbocycles. The standard InChI is InChI=1S/C38H46N5O9P.2Na.H/c1-2-17-41-28-37(45)42-34(25-30-11-14-32(15-12-30)52-53(47,48)49)38(46)40(27-35(42)43(41)36(44)16-13-29-7-4-3-5-8-29)26-31-9-6-10-33(24-31)51-23-20-39-18-21-50-22-19-39;;;/h2-12,14-15,24,34-35H,1,13,16-23,25-28H2,(H2,47,48,49);;;/q;2*+1;-1/p-1/t34-,35-;;;/m0.../s1. The van der Waals surface area contributed by atoms with Gasteiger partial charge in [0.15, 0.2) is 0 Å². The van der Waals surface area contributed by atoms with Crippen LogP contribution in [0, 0.1) is 0 Å². The van der Waals surface area contributed by atoms with Crippen molar-refractivity contribution in [2.75, 3.05) is 59.1 Å². The molecule has 284 valence electrons. The number of piperazine rings is 1. The third-order valence-corrected chi connectivity index (χ3v) is 9.96. The Bertz CT molecular complexity index is 1800. The molecular formula is C38H46N5Na2O9P. The number of aryl methyl sites for hydroxylation is 1. The van der Waals surface area contributed by atoms with Crippen LogP contribution in [-0.4, -0.2) is 119 Å². The quantitative estimate of drug-likeness (QED) is 0.0921. The van der Waals surface area contributed by atoms with E-state index in [9.17, 15) is 23.8 Å². The molecule has 17 heteroatoms. The number of phosphoric acid groups is 1. The maximum atomic E-state index is 14.4. The van der Waals surface area contributed by atoms with E-state index in [1.165, 1.54) is 17.0 Å². The zero-order valence-corrected chi connectivity index (χ0v) is 36.4. The molecule has 3 fully saturated rings. The van der Waals surface area contributed by atoms with E-state index in [0.29, 0.717) is 37.6 Å². The number of phosphoric ester groups is 1. The van der Waals surface area contributed by atoms with Gasteiger partial charge >= 0.3 is 66.9 Å². The first-order chi connectivity index (χ1) is 25.6. The molecular weight excluding hydrogens is 747 g/mol. The number of hydrogen-bond acceptors (Lipinski definition) is 10. The van der Waals surface area contributed by atoms with Crippen LogP contribution in [0.2, 0.25) is 0 Å². The number of carbonyl (C=O) groups is 3. The summed E-state index contributed by atoms with van der Waals surface area (Å²) in [5, 5.41) is 3.31. The zero-order chi connectivity index (χ0) is 37.4. The molecule has 0 aromatic heterocycles. The largest absolute Gasteiger partial charge is 1.00 e. The Hall–Kier alpha value is -2.56. The molecule has 14 nitrogen and oxygen atoms in total. The van der Waals surface area contributed by atoms with Gasteiger partial charge in [0, 0.05) is 45.6 Å². The number of rotatable bonds is 15. The van der Waals surface area contributed by atoms with Gasteiger partial charge < -0.3 is 35.0 Å². The van der Waals surface area contributed by atoms with Crippen LogP contribution in [0.4, 0.5) is 0 Å². The Morgan fingerprint density at radius 3 is 2.38 bits per heavy atom. The van der Waals surface area contributed by atoms with E-state index in [1.807, 2.05) is 54.6 Å². The molecule has 3 amide bonds. The van der Waals surface area contributed by atoms with E-state index in [-0.39, 0.29) is 123 Å². The average molecular weight is 794 g/mol. The predicted molar refractivity (Wildman–Crippen MR) is 194 cm³/mol. The number of hydrazine groups is 1. The number of hydrogen-bond donors (Lipinski definition) is 1. The van der Waals surface area contributed by atoms with E-state index in [0.717, 1.165) is 30.8 Å².